The Balaban J connectivity index is 1.50. The lowest BCUT2D eigenvalue weighted by Gasteiger charge is -2.37. The second-order valence-corrected chi connectivity index (χ2v) is 6.74. The quantitative estimate of drug-likeness (QED) is 0.736. The third kappa shape index (κ3) is 3.15. The van der Waals surface area contributed by atoms with E-state index < -0.39 is 0 Å². The molecule has 1 saturated carbocycles. The fourth-order valence-corrected chi connectivity index (χ4v) is 3.49. The van der Waals surface area contributed by atoms with E-state index in [-0.39, 0.29) is 30.5 Å². The smallest absolute Gasteiger partial charge is 0.240 e. The second kappa shape index (κ2) is 6.33. The third-order valence-corrected chi connectivity index (χ3v) is 4.86. The van der Waals surface area contributed by atoms with Crippen LogP contribution in [0.3, 0.4) is 0 Å². The number of aliphatic hydroxyl groups is 1. The lowest BCUT2D eigenvalue weighted by atomic mass is 9.75. The largest absolute Gasteiger partial charge is 0.393 e. The van der Waals surface area contributed by atoms with Gasteiger partial charge in [0, 0.05) is 18.8 Å². The first-order valence-electron chi connectivity index (χ1n) is 8.46. The summed E-state index contributed by atoms with van der Waals surface area (Å²) in [7, 11) is 1.86. The Morgan fingerprint density at radius 3 is 2.92 bits per heavy atom. The predicted molar refractivity (Wildman–Crippen MR) is 92.6 cm³/mol. The number of hydrogen-bond acceptors (Lipinski definition) is 4. The number of carbonyl (C=O) groups is 1. The summed E-state index contributed by atoms with van der Waals surface area (Å²) in [4.78, 5) is 16.9. The van der Waals surface area contributed by atoms with Gasteiger partial charge in [0.2, 0.25) is 5.91 Å². The van der Waals surface area contributed by atoms with Gasteiger partial charge in [0.25, 0.3) is 0 Å². The van der Waals surface area contributed by atoms with Crippen molar-refractivity contribution >= 4 is 16.9 Å². The number of aromatic nitrogens is 4. The Hall–Kier alpha value is -2.67. The van der Waals surface area contributed by atoms with Crippen molar-refractivity contribution in [1.82, 2.24) is 24.6 Å². The molecule has 1 amide bonds. The molecule has 7 nitrogen and oxygen atoms in total. The summed E-state index contributed by atoms with van der Waals surface area (Å²) in [5, 5.41) is 17.0. The minimum Gasteiger partial charge on any atom is -0.393 e. The summed E-state index contributed by atoms with van der Waals surface area (Å²) in [5.74, 6) is 0.168. The fourth-order valence-electron chi connectivity index (χ4n) is 3.49. The minimum absolute atomic E-state index is 0.0709. The van der Waals surface area contributed by atoms with E-state index >= 15 is 0 Å². The molecule has 130 valence electrons. The van der Waals surface area contributed by atoms with E-state index in [1.165, 1.54) is 0 Å². The van der Waals surface area contributed by atoms with Gasteiger partial charge in [-0.3, -0.25) is 9.48 Å². The highest BCUT2D eigenvalue weighted by Crippen LogP contribution is 2.37. The molecule has 1 aromatic carbocycles. The fraction of sp³-hybridized carbons (Fsp3) is 0.389. The van der Waals surface area contributed by atoms with Crippen molar-refractivity contribution in [1.29, 1.82) is 0 Å². The lowest BCUT2D eigenvalue weighted by molar-refractivity contribution is -0.123. The zero-order chi connectivity index (χ0) is 17.4. The summed E-state index contributed by atoms with van der Waals surface area (Å²) in [6.07, 6.45) is 6.53. The van der Waals surface area contributed by atoms with Gasteiger partial charge < -0.3 is 15.0 Å². The van der Waals surface area contributed by atoms with E-state index in [2.05, 4.69) is 15.4 Å². The van der Waals surface area contributed by atoms with Crippen molar-refractivity contribution in [3.63, 3.8) is 0 Å². The van der Waals surface area contributed by atoms with E-state index in [4.69, 9.17) is 0 Å². The molecule has 1 aliphatic carbocycles. The summed E-state index contributed by atoms with van der Waals surface area (Å²) in [6, 6.07) is 7.63. The van der Waals surface area contributed by atoms with Gasteiger partial charge in [0.1, 0.15) is 6.54 Å². The van der Waals surface area contributed by atoms with Gasteiger partial charge in [-0.05, 0) is 30.9 Å². The van der Waals surface area contributed by atoms with Crippen molar-refractivity contribution < 1.29 is 9.90 Å². The highest BCUT2D eigenvalue weighted by atomic mass is 16.3. The topological polar surface area (TPSA) is 85.0 Å². The van der Waals surface area contributed by atoms with Crippen molar-refractivity contribution in [2.75, 3.05) is 0 Å². The molecule has 1 atom stereocenters. The number of aliphatic hydroxyl groups excluding tert-OH is 1. The van der Waals surface area contributed by atoms with E-state index in [1.54, 1.807) is 17.2 Å². The van der Waals surface area contributed by atoms with Gasteiger partial charge in [-0.25, -0.2) is 4.98 Å². The zero-order valence-corrected chi connectivity index (χ0v) is 14.0. The Bertz CT molecular complexity index is 894. The van der Waals surface area contributed by atoms with Crippen LogP contribution < -0.4 is 5.32 Å². The lowest BCUT2D eigenvalue weighted by Crippen LogP contribution is -2.42. The number of amides is 1. The maximum atomic E-state index is 12.6. The highest BCUT2D eigenvalue weighted by molar-refractivity contribution is 5.80. The molecule has 2 aromatic heterocycles. The van der Waals surface area contributed by atoms with Crippen molar-refractivity contribution in [2.24, 2.45) is 13.0 Å². The van der Waals surface area contributed by atoms with Gasteiger partial charge in [0.15, 0.2) is 0 Å². The number of aryl methyl sites for hydroxylation is 1. The average Bonchev–Trinajstić information content (AvgIpc) is 3.17. The second-order valence-electron chi connectivity index (χ2n) is 6.74. The number of benzene rings is 1. The third-order valence-electron chi connectivity index (χ3n) is 4.86. The van der Waals surface area contributed by atoms with E-state index in [9.17, 15) is 9.90 Å². The first-order valence-corrected chi connectivity index (χ1v) is 8.46. The minimum atomic E-state index is -0.265. The standard InChI is InChI=1S/C18H21N5O2/c1-22-9-13(8-20-22)18(12-6-14(24)7-12)21-17(25)10-23-11-19-15-4-2-3-5-16(15)23/h2-5,8-9,11-12,14,18,24H,6-7,10H2,1H3,(H,21,25)/t12?,14?,18-/m1/s1. The monoisotopic (exact) mass is 339 g/mol. The highest BCUT2D eigenvalue weighted by Gasteiger charge is 2.36. The van der Waals surface area contributed by atoms with Crippen LogP contribution >= 0.6 is 0 Å². The van der Waals surface area contributed by atoms with Crippen LogP contribution in [0.1, 0.15) is 24.4 Å². The molecule has 0 aliphatic heterocycles. The SMILES string of the molecule is Cn1cc([C@H](NC(=O)Cn2cnc3ccccc32)C2CC(O)C2)cn1. The molecule has 7 heteroatoms. The van der Waals surface area contributed by atoms with E-state index in [0.717, 1.165) is 16.6 Å². The van der Waals surface area contributed by atoms with Crippen LogP contribution in [0.15, 0.2) is 43.0 Å². The summed E-state index contributed by atoms with van der Waals surface area (Å²) >= 11 is 0. The number of para-hydroxylation sites is 2. The molecule has 0 saturated heterocycles. The van der Waals surface area contributed by atoms with Gasteiger partial charge in [0.05, 0.1) is 35.7 Å². The van der Waals surface area contributed by atoms with Crippen LogP contribution in [-0.4, -0.2) is 36.4 Å². The number of nitrogens with one attached hydrogen (secondary N) is 1. The number of fused-ring (bicyclic) bond motifs is 1. The number of carbonyl (C=O) groups excluding carboxylic acids is 1. The van der Waals surface area contributed by atoms with Gasteiger partial charge in [-0.2, -0.15) is 5.10 Å². The van der Waals surface area contributed by atoms with Crippen LogP contribution in [0.4, 0.5) is 0 Å². The molecule has 0 bridgehead atoms. The number of hydrogen-bond donors (Lipinski definition) is 2. The van der Waals surface area contributed by atoms with Gasteiger partial charge in [-0.15, -0.1) is 0 Å². The molecular weight excluding hydrogens is 318 g/mol. The predicted octanol–water partition coefficient (Wildman–Crippen LogP) is 1.40. The average molecular weight is 339 g/mol. The first kappa shape index (κ1) is 15.8. The molecule has 1 fully saturated rings. The van der Waals surface area contributed by atoms with Crippen molar-refractivity contribution in [2.45, 2.75) is 31.5 Å². The van der Waals surface area contributed by atoms with Crippen LogP contribution in [-0.2, 0) is 18.4 Å². The summed E-state index contributed by atoms with van der Waals surface area (Å²) < 4.78 is 3.58. The van der Waals surface area contributed by atoms with Crippen LogP contribution in [0, 0.1) is 5.92 Å². The molecule has 0 radical (unpaired) electrons. The normalized spacial score (nSPS) is 21.0. The molecule has 2 heterocycles. The Morgan fingerprint density at radius 1 is 1.40 bits per heavy atom. The molecule has 4 rings (SSSR count). The Morgan fingerprint density at radius 2 is 2.20 bits per heavy atom. The van der Waals surface area contributed by atoms with E-state index in [1.807, 2.05) is 42.1 Å². The van der Waals surface area contributed by atoms with Crippen molar-refractivity contribution in [3.8, 4) is 0 Å². The molecule has 1 aliphatic rings. The first-order chi connectivity index (χ1) is 12.1. The maximum absolute atomic E-state index is 12.6. The summed E-state index contributed by atoms with van der Waals surface area (Å²) in [6.45, 7) is 0.215. The van der Waals surface area contributed by atoms with Gasteiger partial charge >= 0.3 is 0 Å². The maximum Gasteiger partial charge on any atom is 0.240 e. The molecule has 3 aromatic rings. The molecule has 0 unspecified atom stereocenters. The van der Waals surface area contributed by atoms with Gasteiger partial charge in [-0.1, -0.05) is 12.1 Å². The molecule has 2 N–H and O–H groups in total. The molecule has 25 heavy (non-hydrogen) atoms. The van der Waals surface area contributed by atoms with Crippen molar-refractivity contribution in [3.05, 3.63) is 48.5 Å². The van der Waals surface area contributed by atoms with Crippen LogP contribution in [0.2, 0.25) is 0 Å². The Kier molecular flexibility index (Phi) is 4.01. The number of imidazole rings is 1. The zero-order valence-electron chi connectivity index (χ0n) is 14.0. The molecule has 0 spiro atoms. The molecular formula is C18H21N5O2. The van der Waals surface area contributed by atoms with E-state index in [0.29, 0.717) is 12.8 Å². The van der Waals surface area contributed by atoms with Crippen LogP contribution in [0.25, 0.3) is 11.0 Å². The van der Waals surface area contributed by atoms with Crippen LogP contribution in [0.5, 0.6) is 0 Å². The Labute approximate surface area is 145 Å². The number of nitrogens with zero attached hydrogens (tertiary/aromatic N) is 4. The summed E-state index contributed by atoms with van der Waals surface area (Å²) in [5.41, 5.74) is 2.79. The number of rotatable bonds is 5.